The Hall–Kier alpha value is -0.710. The van der Waals surface area contributed by atoms with E-state index in [9.17, 15) is 18.7 Å². The van der Waals surface area contributed by atoms with Crippen LogP contribution < -0.4 is 5.11 Å². The number of aliphatic hydroxyl groups is 1. The zero-order valence-corrected chi connectivity index (χ0v) is 5.14. The lowest BCUT2D eigenvalue weighted by Gasteiger charge is -2.12. The number of aliphatic hydroxyl groups excluding tert-OH is 1. The number of hydrogen-bond acceptors (Lipinski definition) is 3. The molecular formula is C5H7F2O3-. The zero-order valence-electron chi connectivity index (χ0n) is 5.14. The van der Waals surface area contributed by atoms with Crippen LogP contribution in [0.15, 0.2) is 0 Å². The van der Waals surface area contributed by atoms with E-state index in [0.29, 0.717) is 0 Å². The third-order valence-corrected chi connectivity index (χ3v) is 0.926. The molecule has 0 aliphatic carbocycles. The third-order valence-electron chi connectivity index (χ3n) is 0.926. The van der Waals surface area contributed by atoms with Gasteiger partial charge in [-0.15, -0.1) is 0 Å². The van der Waals surface area contributed by atoms with Crippen LogP contribution in [0.4, 0.5) is 8.78 Å². The van der Waals surface area contributed by atoms with Crippen LogP contribution in [-0.4, -0.2) is 23.6 Å². The molecule has 0 aromatic rings. The lowest BCUT2D eigenvalue weighted by Crippen LogP contribution is -2.28. The smallest absolute Gasteiger partial charge is 0.271 e. The molecule has 0 fully saturated rings. The maximum atomic E-state index is 12.0. The first-order valence-electron chi connectivity index (χ1n) is 2.66. The second-order valence-corrected chi connectivity index (χ2v) is 1.89. The number of halogens is 2. The molecule has 0 atom stereocenters. The normalized spacial score (nSPS) is 11.5. The largest absolute Gasteiger partial charge is 0.550 e. The fourth-order valence-corrected chi connectivity index (χ4v) is 0.364. The highest BCUT2D eigenvalue weighted by atomic mass is 19.3. The highest BCUT2D eigenvalue weighted by Gasteiger charge is 2.26. The van der Waals surface area contributed by atoms with Crippen molar-refractivity contribution in [3.63, 3.8) is 0 Å². The van der Waals surface area contributed by atoms with Crippen LogP contribution in [0.25, 0.3) is 0 Å². The van der Waals surface area contributed by atoms with Gasteiger partial charge in [-0.3, -0.25) is 0 Å². The van der Waals surface area contributed by atoms with E-state index >= 15 is 0 Å². The van der Waals surface area contributed by atoms with Crippen LogP contribution in [0.1, 0.15) is 12.8 Å². The topological polar surface area (TPSA) is 60.4 Å². The first kappa shape index (κ1) is 9.29. The van der Waals surface area contributed by atoms with Crippen molar-refractivity contribution in [2.45, 2.75) is 18.8 Å². The van der Waals surface area contributed by atoms with Gasteiger partial charge < -0.3 is 15.0 Å². The predicted molar refractivity (Wildman–Crippen MR) is 26.3 cm³/mol. The molecule has 0 aliphatic rings. The Morgan fingerprint density at radius 1 is 1.60 bits per heavy atom. The van der Waals surface area contributed by atoms with Gasteiger partial charge in [-0.1, -0.05) is 0 Å². The van der Waals surface area contributed by atoms with Crippen molar-refractivity contribution in [3.8, 4) is 0 Å². The molecular weight excluding hydrogens is 146 g/mol. The molecule has 60 valence electrons. The predicted octanol–water partition coefficient (Wildman–Crippen LogP) is -0.856. The summed E-state index contributed by atoms with van der Waals surface area (Å²) in [5, 5.41) is 17.6. The van der Waals surface area contributed by atoms with Crippen molar-refractivity contribution in [2.24, 2.45) is 0 Å². The Morgan fingerprint density at radius 2 is 2.10 bits per heavy atom. The maximum absolute atomic E-state index is 12.0. The Kier molecular flexibility index (Phi) is 3.21. The van der Waals surface area contributed by atoms with E-state index in [0.717, 1.165) is 0 Å². The van der Waals surface area contributed by atoms with Crippen molar-refractivity contribution >= 4 is 5.97 Å². The Bertz CT molecular complexity index is 124. The molecule has 0 aliphatic heterocycles. The number of carboxylic acid groups (broad SMARTS) is 1. The number of carboxylic acids is 1. The van der Waals surface area contributed by atoms with Crippen molar-refractivity contribution in [1.82, 2.24) is 0 Å². The minimum absolute atomic E-state index is 0.729. The van der Waals surface area contributed by atoms with Gasteiger partial charge in [-0.2, -0.15) is 0 Å². The van der Waals surface area contributed by atoms with E-state index in [2.05, 4.69) is 0 Å². The quantitative estimate of drug-likeness (QED) is 0.572. The molecule has 0 rings (SSSR count). The van der Waals surface area contributed by atoms with Crippen molar-refractivity contribution in [2.75, 3.05) is 6.61 Å². The maximum Gasteiger partial charge on any atom is 0.271 e. The van der Waals surface area contributed by atoms with Gasteiger partial charge in [0.2, 0.25) is 0 Å². The Balaban J connectivity index is 3.56. The molecule has 0 saturated carbocycles. The van der Waals surface area contributed by atoms with E-state index in [1.54, 1.807) is 0 Å². The summed E-state index contributed by atoms with van der Waals surface area (Å²) in [6, 6.07) is 0. The van der Waals surface area contributed by atoms with Gasteiger partial charge in [0.05, 0.1) is 0 Å². The summed E-state index contributed by atoms with van der Waals surface area (Å²) in [5.41, 5.74) is 0. The average molecular weight is 153 g/mol. The molecule has 0 spiro atoms. The number of hydrogen-bond donors (Lipinski definition) is 1. The highest BCUT2D eigenvalue weighted by molar-refractivity contribution is 5.64. The van der Waals surface area contributed by atoms with Crippen LogP contribution in [0, 0.1) is 0 Å². The van der Waals surface area contributed by atoms with Crippen LogP contribution in [0.5, 0.6) is 0 Å². The molecule has 0 aromatic carbocycles. The van der Waals surface area contributed by atoms with Crippen molar-refractivity contribution < 1.29 is 23.8 Å². The summed E-state index contributed by atoms with van der Waals surface area (Å²) < 4.78 is 23.9. The van der Waals surface area contributed by atoms with Gasteiger partial charge in [-0.05, 0) is 6.42 Å². The Labute approximate surface area is 56.3 Å². The second-order valence-electron chi connectivity index (χ2n) is 1.89. The number of carbonyl (C=O) groups excluding carboxylic acids is 1. The van der Waals surface area contributed by atoms with Gasteiger partial charge in [0.25, 0.3) is 5.92 Å². The third kappa shape index (κ3) is 4.20. The van der Waals surface area contributed by atoms with E-state index < -0.39 is 31.3 Å². The minimum atomic E-state index is -3.29. The van der Waals surface area contributed by atoms with E-state index in [1.807, 2.05) is 0 Å². The van der Waals surface area contributed by atoms with Crippen molar-refractivity contribution in [1.29, 1.82) is 0 Å². The molecule has 10 heavy (non-hydrogen) atoms. The molecule has 0 amide bonds. The van der Waals surface area contributed by atoms with E-state index in [-0.39, 0.29) is 0 Å². The molecule has 0 radical (unpaired) electrons. The van der Waals surface area contributed by atoms with E-state index in [4.69, 9.17) is 5.11 Å². The van der Waals surface area contributed by atoms with Gasteiger partial charge in [0.15, 0.2) is 0 Å². The molecule has 0 unspecified atom stereocenters. The molecule has 0 saturated heterocycles. The summed E-state index contributed by atoms with van der Waals surface area (Å²) in [7, 11) is 0. The van der Waals surface area contributed by atoms with Crippen LogP contribution >= 0.6 is 0 Å². The van der Waals surface area contributed by atoms with Crippen molar-refractivity contribution in [3.05, 3.63) is 0 Å². The SMILES string of the molecule is O=C([O-])CCC(F)(F)CO. The summed E-state index contributed by atoms with van der Waals surface area (Å²) in [6.45, 7) is -1.32. The number of rotatable bonds is 4. The summed E-state index contributed by atoms with van der Waals surface area (Å²) in [6.07, 6.45) is -1.60. The van der Waals surface area contributed by atoms with Gasteiger partial charge in [0.1, 0.15) is 6.61 Å². The van der Waals surface area contributed by atoms with Crippen LogP contribution in [0.2, 0.25) is 0 Å². The molecule has 0 aromatic heterocycles. The van der Waals surface area contributed by atoms with Gasteiger partial charge in [0, 0.05) is 12.4 Å². The molecule has 3 nitrogen and oxygen atoms in total. The number of carbonyl (C=O) groups is 1. The lowest BCUT2D eigenvalue weighted by molar-refractivity contribution is -0.306. The van der Waals surface area contributed by atoms with Gasteiger partial charge in [-0.25, -0.2) is 8.78 Å². The average Bonchev–Trinajstić information content (AvgIpc) is 1.85. The standard InChI is InChI=1S/C5H8F2O3/c6-5(7,3-8)2-1-4(9)10/h8H,1-3H2,(H,9,10)/p-1. The zero-order chi connectivity index (χ0) is 8.20. The lowest BCUT2D eigenvalue weighted by atomic mass is 10.2. The molecule has 5 heteroatoms. The monoisotopic (exact) mass is 153 g/mol. The number of alkyl halides is 2. The fraction of sp³-hybridized carbons (Fsp3) is 0.800. The first-order valence-corrected chi connectivity index (χ1v) is 2.66. The summed E-state index contributed by atoms with van der Waals surface area (Å²) in [5.74, 6) is -4.83. The van der Waals surface area contributed by atoms with Crippen LogP contribution in [-0.2, 0) is 4.79 Å². The summed E-state index contributed by atoms with van der Waals surface area (Å²) >= 11 is 0. The Morgan fingerprint density at radius 3 is 2.40 bits per heavy atom. The highest BCUT2D eigenvalue weighted by Crippen LogP contribution is 2.18. The first-order chi connectivity index (χ1) is 4.48. The number of aliphatic carboxylic acids is 1. The molecule has 0 heterocycles. The summed E-state index contributed by atoms with van der Waals surface area (Å²) in [4.78, 5) is 9.64. The molecule has 1 N–H and O–H groups in total. The second kappa shape index (κ2) is 3.46. The van der Waals surface area contributed by atoms with Crippen LogP contribution in [0.3, 0.4) is 0 Å². The minimum Gasteiger partial charge on any atom is -0.550 e. The fourth-order valence-electron chi connectivity index (χ4n) is 0.364. The molecule has 0 bridgehead atoms. The van der Waals surface area contributed by atoms with E-state index in [1.165, 1.54) is 0 Å². The van der Waals surface area contributed by atoms with Gasteiger partial charge >= 0.3 is 0 Å².